The van der Waals surface area contributed by atoms with Crippen molar-refractivity contribution in [3.63, 3.8) is 0 Å². The summed E-state index contributed by atoms with van der Waals surface area (Å²) in [4.78, 5) is 20.4. The van der Waals surface area contributed by atoms with Crippen LogP contribution >= 0.6 is 9.24 Å². The molecule has 1 heterocycles. The fourth-order valence-electron chi connectivity index (χ4n) is 0.366. The Balaban J connectivity index is 2.88. The summed E-state index contributed by atoms with van der Waals surface area (Å²) >= 11 is 0. The third-order valence-electron chi connectivity index (χ3n) is 0.702. The molecule has 4 heteroatoms. The Kier molecular flexibility index (Phi) is 1.14. The summed E-state index contributed by atoms with van der Waals surface area (Å²) in [5, 5.41) is 0.287. The van der Waals surface area contributed by atoms with E-state index in [4.69, 9.17) is 0 Å². The summed E-state index contributed by atoms with van der Waals surface area (Å²) in [5.41, 5.74) is 0. The van der Waals surface area contributed by atoms with Crippen molar-refractivity contribution in [3.05, 3.63) is 11.4 Å². The molecule has 0 aliphatic carbocycles. The van der Waals surface area contributed by atoms with Gasteiger partial charge in [0.25, 0.3) is 0 Å². The van der Waals surface area contributed by atoms with E-state index in [1.807, 2.05) is 0 Å². The summed E-state index contributed by atoms with van der Waals surface area (Å²) < 4.78 is 4.08. The van der Waals surface area contributed by atoms with Crippen molar-refractivity contribution >= 4 is 21.2 Å². The van der Waals surface area contributed by atoms with Gasteiger partial charge >= 0.3 is 11.9 Å². The second-order valence-electron chi connectivity index (χ2n) is 1.31. The highest BCUT2D eigenvalue weighted by Gasteiger charge is 2.18. The topological polar surface area (TPSA) is 43.4 Å². The van der Waals surface area contributed by atoms with Crippen molar-refractivity contribution in [3.8, 4) is 0 Å². The molecule has 3 nitrogen and oxygen atoms in total. The minimum Gasteiger partial charge on any atom is -0.386 e. The van der Waals surface area contributed by atoms with Crippen LogP contribution in [-0.4, -0.2) is 11.9 Å². The van der Waals surface area contributed by atoms with Crippen molar-refractivity contribution in [2.24, 2.45) is 0 Å². The van der Waals surface area contributed by atoms with Gasteiger partial charge in [0, 0.05) is 6.08 Å². The standard InChI is InChI=1S/C4H3O3P/c5-3-1-2(8)4(6)7-3/h1H,8H2. The first-order valence-electron chi connectivity index (χ1n) is 1.93. The molecule has 8 heavy (non-hydrogen) atoms. The highest BCUT2D eigenvalue weighted by molar-refractivity contribution is 7.25. The van der Waals surface area contributed by atoms with Crippen LogP contribution in [0.1, 0.15) is 0 Å². The number of hydrogen-bond donors (Lipinski definition) is 0. The van der Waals surface area contributed by atoms with E-state index < -0.39 is 11.9 Å². The number of hydrogen-bond acceptors (Lipinski definition) is 3. The van der Waals surface area contributed by atoms with Crippen molar-refractivity contribution in [1.29, 1.82) is 0 Å². The van der Waals surface area contributed by atoms with Crippen LogP contribution < -0.4 is 0 Å². The highest BCUT2D eigenvalue weighted by Crippen LogP contribution is 2.13. The minimum absolute atomic E-state index is 0.287. The maximum atomic E-state index is 10.3. The molecule has 0 bridgehead atoms. The Hall–Kier alpha value is -0.690. The number of esters is 2. The van der Waals surface area contributed by atoms with Crippen LogP contribution in [0.5, 0.6) is 0 Å². The van der Waals surface area contributed by atoms with Crippen molar-refractivity contribution in [2.45, 2.75) is 0 Å². The van der Waals surface area contributed by atoms with Gasteiger partial charge in [0.15, 0.2) is 0 Å². The summed E-state index contributed by atoms with van der Waals surface area (Å²) in [6, 6.07) is 0. The van der Waals surface area contributed by atoms with Crippen molar-refractivity contribution in [1.82, 2.24) is 0 Å². The SMILES string of the molecule is O=C1C=C(P)C(=O)O1. The van der Waals surface area contributed by atoms with E-state index in [1.54, 1.807) is 0 Å². The van der Waals surface area contributed by atoms with E-state index in [0.717, 1.165) is 6.08 Å². The Bertz CT molecular complexity index is 182. The molecule has 1 rings (SSSR count). The molecular formula is C4H3O3P. The number of rotatable bonds is 0. The third-order valence-corrected chi connectivity index (χ3v) is 1.10. The third kappa shape index (κ3) is 0.771. The molecule has 0 N–H and O–H groups in total. The molecule has 1 unspecified atom stereocenters. The van der Waals surface area contributed by atoms with E-state index in [-0.39, 0.29) is 5.31 Å². The summed E-state index contributed by atoms with van der Waals surface area (Å²) in [5.74, 6) is -1.15. The van der Waals surface area contributed by atoms with Crippen LogP contribution in [0.2, 0.25) is 0 Å². The molecule has 0 aromatic rings. The molecule has 0 saturated carbocycles. The van der Waals surface area contributed by atoms with Gasteiger partial charge in [-0.2, -0.15) is 0 Å². The maximum absolute atomic E-state index is 10.3. The number of carbonyl (C=O) groups excluding carboxylic acids is 2. The van der Waals surface area contributed by atoms with Gasteiger partial charge < -0.3 is 4.74 Å². The molecule has 0 saturated heterocycles. The highest BCUT2D eigenvalue weighted by atomic mass is 31.0. The second-order valence-corrected chi connectivity index (χ2v) is 1.93. The Morgan fingerprint density at radius 1 is 1.50 bits per heavy atom. The molecule has 0 aromatic carbocycles. The van der Waals surface area contributed by atoms with Crippen LogP contribution in [0.4, 0.5) is 0 Å². The van der Waals surface area contributed by atoms with E-state index in [1.165, 1.54) is 0 Å². The van der Waals surface area contributed by atoms with Gasteiger partial charge in [-0.05, 0) is 0 Å². The smallest absolute Gasteiger partial charge is 0.346 e. The van der Waals surface area contributed by atoms with Gasteiger partial charge in [0.1, 0.15) is 0 Å². The average Bonchev–Trinajstić information content (AvgIpc) is 1.85. The molecule has 0 spiro atoms. The van der Waals surface area contributed by atoms with Crippen LogP contribution in [0.15, 0.2) is 11.4 Å². The summed E-state index contributed by atoms with van der Waals surface area (Å²) in [6.07, 6.45) is 1.13. The quantitative estimate of drug-likeness (QED) is 0.259. The summed E-state index contributed by atoms with van der Waals surface area (Å²) in [7, 11) is 2.10. The molecule has 1 aliphatic heterocycles. The number of cyclic esters (lactones) is 2. The zero-order chi connectivity index (χ0) is 6.15. The first-order chi connectivity index (χ1) is 3.70. The number of carbonyl (C=O) groups is 2. The average molecular weight is 130 g/mol. The van der Waals surface area contributed by atoms with Gasteiger partial charge in [0.05, 0.1) is 5.31 Å². The lowest BCUT2D eigenvalue weighted by molar-refractivity contribution is -0.150. The normalized spacial score (nSPS) is 18.4. The van der Waals surface area contributed by atoms with E-state index in [9.17, 15) is 9.59 Å². The number of ether oxygens (including phenoxy) is 1. The van der Waals surface area contributed by atoms with Crippen LogP contribution in [0, 0.1) is 0 Å². The van der Waals surface area contributed by atoms with E-state index >= 15 is 0 Å². The molecule has 1 aliphatic rings. The molecule has 1 atom stereocenters. The van der Waals surface area contributed by atoms with Crippen LogP contribution in [0.3, 0.4) is 0 Å². The largest absolute Gasteiger partial charge is 0.386 e. The van der Waals surface area contributed by atoms with Gasteiger partial charge in [-0.15, -0.1) is 0 Å². The van der Waals surface area contributed by atoms with E-state index in [2.05, 4.69) is 14.0 Å². The first-order valence-corrected chi connectivity index (χ1v) is 2.51. The Morgan fingerprint density at radius 3 is 2.25 bits per heavy atom. The molecule has 0 fully saturated rings. The molecular weight excluding hydrogens is 127 g/mol. The predicted octanol–water partition coefficient (Wildman–Crippen LogP) is -0.171. The fraction of sp³-hybridized carbons (Fsp3) is 0. The molecule has 0 amide bonds. The predicted molar refractivity (Wildman–Crippen MR) is 28.9 cm³/mol. The zero-order valence-corrected chi connectivity index (χ0v) is 5.03. The van der Waals surface area contributed by atoms with Gasteiger partial charge in [-0.3, -0.25) is 0 Å². The lowest BCUT2D eigenvalue weighted by Gasteiger charge is -1.83. The molecule has 42 valence electrons. The first kappa shape index (κ1) is 5.45. The monoisotopic (exact) mass is 130 g/mol. The van der Waals surface area contributed by atoms with Crippen LogP contribution in [0.25, 0.3) is 0 Å². The molecule has 0 aromatic heterocycles. The van der Waals surface area contributed by atoms with Crippen LogP contribution in [-0.2, 0) is 14.3 Å². The second kappa shape index (κ2) is 1.67. The zero-order valence-electron chi connectivity index (χ0n) is 3.88. The minimum atomic E-state index is -0.583. The Labute approximate surface area is 47.9 Å². The summed E-state index contributed by atoms with van der Waals surface area (Å²) in [6.45, 7) is 0. The maximum Gasteiger partial charge on any atom is 0.346 e. The Morgan fingerprint density at radius 2 is 2.12 bits per heavy atom. The lowest BCUT2D eigenvalue weighted by atomic mass is 10.5. The van der Waals surface area contributed by atoms with Gasteiger partial charge in [-0.25, -0.2) is 9.59 Å². The van der Waals surface area contributed by atoms with Crippen molar-refractivity contribution in [2.75, 3.05) is 0 Å². The van der Waals surface area contributed by atoms with Gasteiger partial charge in [-0.1, -0.05) is 9.24 Å². The fourth-order valence-corrected chi connectivity index (χ4v) is 0.561. The van der Waals surface area contributed by atoms with E-state index in [0.29, 0.717) is 0 Å². The van der Waals surface area contributed by atoms with Crippen molar-refractivity contribution < 1.29 is 14.3 Å². The van der Waals surface area contributed by atoms with Gasteiger partial charge in [0.2, 0.25) is 0 Å². The lowest BCUT2D eigenvalue weighted by Crippen LogP contribution is -1.98. The molecule has 0 radical (unpaired) electrons.